The molecular formula is C21H28N4O2. The van der Waals surface area contributed by atoms with E-state index >= 15 is 0 Å². The van der Waals surface area contributed by atoms with Gasteiger partial charge in [-0.15, -0.1) is 0 Å². The molecule has 6 heteroatoms. The van der Waals surface area contributed by atoms with E-state index in [0.29, 0.717) is 13.0 Å². The van der Waals surface area contributed by atoms with Crippen molar-refractivity contribution in [2.24, 2.45) is 0 Å². The molecule has 0 unspecified atom stereocenters. The summed E-state index contributed by atoms with van der Waals surface area (Å²) >= 11 is 0. The van der Waals surface area contributed by atoms with Gasteiger partial charge in [-0.1, -0.05) is 18.2 Å². The van der Waals surface area contributed by atoms with Crippen molar-refractivity contribution in [2.45, 2.75) is 38.3 Å². The lowest BCUT2D eigenvalue weighted by Crippen LogP contribution is -2.67. The molecule has 144 valence electrons. The predicted molar refractivity (Wildman–Crippen MR) is 105 cm³/mol. The fraction of sp³-hybridized carbons (Fsp3) is 0.524. The van der Waals surface area contributed by atoms with Gasteiger partial charge in [0.2, 0.25) is 11.8 Å². The average Bonchev–Trinajstić information content (AvgIpc) is 2.98. The third kappa shape index (κ3) is 2.83. The second-order valence-corrected chi connectivity index (χ2v) is 8.48. The van der Waals surface area contributed by atoms with Gasteiger partial charge in [0, 0.05) is 29.6 Å². The Hall–Kier alpha value is -2.34. The Balaban J connectivity index is 1.69. The summed E-state index contributed by atoms with van der Waals surface area (Å²) in [6.07, 6.45) is 1.46. The molecule has 1 N–H and O–H groups in total. The Morgan fingerprint density at radius 2 is 1.96 bits per heavy atom. The number of para-hydroxylation sites is 1. The molecule has 2 aromatic rings. The number of aromatic amines is 1. The van der Waals surface area contributed by atoms with Crippen LogP contribution in [0, 0.1) is 0 Å². The summed E-state index contributed by atoms with van der Waals surface area (Å²) in [7, 11) is 4.04. The molecule has 3 heterocycles. The lowest BCUT2D eigenvalue weighted by molar-refractivity contribution is -0.163. The number of carbonyl (C=O) groups excluding carboxylic acids is 2. The van der Waals surface area contributed by atoms with Crippen molar-refractivity contribution in [1.29, 1.82) is 0 Å². The molecule has 4 rings (SSSR count). The van der Waals surface area contributed by atoms with Crippen LogP contribution in [0.15, 0.2) is 24.3 Å². The van der Waals surface area contributed by atoms with Crippen LogP contribution < -0.4 is 0 Å². The van der Waals surface area contributed by atoms with Gasteiger partial charge in [0.25, 0.3) is 0 Å². The topological polar surface area (TPSA) is 59.6 Å². The SMILES string of the molecule is CN(C)CCCN1CC(=O)N2[C@@H](Cc3c([nH]c4ccccc34)C2(C)C)C1=O. The van der Waals surface area contributed by atoms with Gasteiger partial charge in [-0.05, 0) is 52.5 Å². The Bertz CT molecular complexity index is 899. The number of amides is 2. The van der Waals surface area contributed by atoms with Crippen LogP contribution in [-0.4, -0.2) is 71.3 Å². The standard InChI is InChI=1S/C21H28N4O2/c1-21(2)19-15(14-8-5-6-9-16(14)22-19)12-17-20(27)24(11-7-10-23(3)4)13-18(26)25(17)21/h5-6,8-9,17,22H,7,10-13H2,1-4H3/t17-/m0/s1. The maximum Gasteiger partial charge on any atom is 0.246 e. The van der Waals surface area contributed by atoms with Crippen molar-refractivity contribution in [1.82, 2.24) is 19.7 Å². The van der Waals surface area contributed by atoms with E-state index in [-0.39, 0.29) is 18.4 Å². The summed E-state index contributed by atoms with van der Waals surface area (Å²) in [5.74, 6) is 0.121. The predicted octanol–water partition coefficient (Wildman–Crippen LogP) is 1.95. The van der Waals surface area contributed by atoms with Crippen LogP contribution in [0.2, 0.25) is 0 Å². The van der Waals surface area contributed by atoms with Gasteiger partial charge in [-0.2, -0.15) is 0 Å². The first-order chi connectivity index (χ1) is 12.8. The Labute approximate surface area is 160 Å². The zero-order valence-electron chi connectivity index (χ0n) is 16.6. The van der Waals surface area contributed by atoms with Gasteiger partial charge in [0.1, 0.15) is 6.04 Å². The smallest absolute Gasteiger partial charge is 0.246 e. The van der Waals surface area contributed by atoms with Crippen molar-refractivity contribution < 1.29 is 9.59 Å². The Kier molecular flexibility index (Phi) is 4.26. The number of aromatic nitrogens is 1. The molecule has 1 aromatic heterocycles. The number of rotatable bonds is 4. The van der Waals surface area contributed by atoms with Gasteiger partial charge < -0.3 is 19.7 Å². The molecule has 0 aliphatic carbocycles. The lowest BCUT2D eigenvalue weighted by atomic mass is 9.82. The number of benzene rings is 1. The van der Waals surface area contributed by atoms with Crippen LogP contribution in [0.1, 0.15) is 31.5 Å². The molecule has 0 saturated carbocycles. The Morgan fingerprint density at radius 1 is 1.22 bits per heavy atom. The molecule has 1 fully saturated rings. The molecule has 2 aliphatic rings. The van der Waals surface area contributed by atoms with Crippen LogP contribution in [0.25, 0.3) is 10.9 Å². The van der Waals surface area contributed by atoms with E-state index in [2.05, 4.69) is 22.0 Å². The molecule has 27 heavy (non-hydrogen) atoms. The maximum atomic E-state index is 13.2. The average molecular weight is 368 g/mol. The second-order valence-electron chi connectivity index (χ2n) is 8.48. The minimum absolute atomic E-state index is 0.0405. The highest BCUT2D eigenvalue weighted by Gasteiger charge is 2.51. The third-order valence-electron chi connectivity index (χ3n) is 5.96. The van der Waals surface area contributed by atoms with Crippen molar-refractivity contribution in [2.75, 3.05) is 33.7 Å². The molecule has 1 aromatic carbocycles. The molecule has 0 radical (unpaired) electrons. The minimum atomic E-state index is -0.528. The second kappa shape index (κ2) is 6.37. The summed E-state index contributed by atoms with van der Waals surface area (Å²) < 4.78 is 0. The zero-order valence-corrected chi connectivity index (χ0v) is 16.6. The highest BCUT2D eigenvalue weighted by Crippen LogP contribution is 2.42. The zero-order chi connectivity index (χ0) is 19.3. The van der Waals surface area contributed by atoms with Crippen LogP contribution in [0.3, 0.4) is 0 Å². The highest BCUT2D eigenvalue weighted by atomic mass is 16.2. The lowest BCUT2D eigenvalue weighted by Gasteiger charge is -2.51. The van der Waals surface area contributed by atoms with E-state index in [1.54, 1.807) is 4.90 Å². The van der Waals surface area contributed by atoms with Crippen molar-refractivity contribution in [3.8, 4) is 0 Å². The van der Waals surface area contributed by atoms with Crippen molar-refractivity contribution in [3.05, 3.63) is 35.5 Å². The third-order valence-corrected chi connectivity index (χ3v) is 5.96. The number of hydrogen-bond donors (Lipinski definition) is 1. The molecule has 2 aliphatic heterocycles. The summed E-state index contributed by atoms with van der Waals surface area (Å²) in [4.78, 5) is 35.5. The largest absolute Gasteiger partial charge is 0.356 e. The summed E-state index contributed by atoms with van der Waals surface area (Å²) in [5, 5.41) is 1.16. The molecule has 1 atom stereocenters. The first-order valence-corrected chi connectivity index (χ1v) is 9.66. The number of nitrogens with one attached hydrogen (secondary N) is 1. The first kappa shape index (κ1) is 18.0. The molecule has 0 bridgehead atoms. The minimum Gasteiger partial charge on any atom is -0.356 e. The first-order valence-electron chi connectivity index (χ1n) is 9.66. The number of carbonyl (C=O) groups is 2. The highest BCUT2D eigenvalue weighted by molar-refractivity contribution is 5.97. The van der Waals surface area contributed by atoms with Crippen LogP contribution in [0.4, 0.5) is 0 Å². The number of piperazine rings is 1. The molecule has 2 amide bonds. The summed E-state index contributed by atoms with van der Waals surface area (Å²) in [5.41, 5.74) is 2.77. The van der Waals surface area contributed by atoms with Crippen LogP contribution in [0.5, 0.6) is 0 Å². The van der Waals surface area contributed by atoms with Crippen molar-refractivity contribution in [3.63, 3.8) is 0 Å². The van der Waals surface area contributed by atoms with E-state index in [4.69, 9.17) is 0 Å². The number of H-pyrrole nitrogens is 1. The van der Waals surface area contributed by atoms with E-state index < -0.39 is 11.6 Å². The van der Waals surface area contributed by atoms with Gasteiger partial charge >= 0.3 is 0 Å². The number of nitrogens with zero attached hydrogens (tertiary/aromatic N) is 3. The van der Waals surface area contributed by atoms with E-state index in [9.17, 15) is 9.59 Å². The fourth-order valence-electron chi connectivity index (χ4n) is 4.71. The maximum absolute atomic E-state index is 13.2. The van der Waals surface area contributed by atoms with Gasteiger partial charge in [-0.25, -0.2) is 0 Å². The van der Waals surface area contributed by atoms with E-state index in [1.807, 2.05) is 45.0 Å². The van der Waals surface area contributed by atoms with Gasteiger partial charge in [0.05, 0.1) is 12.1 Å². The summed E-state index contributed by atoms with van der Waals surface area (Å²) in [6.45, 7) is 5.81. The van der Waals surface area contributed by atoms with Gasteiger partial charge in [0.15, 0.2) is 0 Å². The normalized spacial score (nSPS) is 21.7. The fourth-order valence-corrected chi connectivity index (χ4v) is 4.71. The molecule has 1 saturated heterocycles. The van der Waals surface area contributed by atoms with E-state index in [0.717, 1.165) is 29.6 Å². The Morgan fingerprint density at radius 3 is 2.70 bits per heavy atom. The quantitative estimate of drug-likeness (QED) is 0.897. The van der Waals surface area contributed by atoms with Crippen molar-refractivity contribution >= 4 is 22.7 Å². The molecular weight excluding hydrogens is 340 g/mol. The number of fused-ring (bicyclic) bond motifs is 4. The molecule has 0 spiro atoms. The van der Waals surface area contributed by atoms with Crippen LogP contribution in [-0.2, 0) is 21.5 Å². The molecule has 6 nitrogen and oxygen atoms in total. The van der Waals surface area contributed by atoms with Gasteiger partial charge in [-0.3, -0.25) is 9.59 Å². The van der Waals surface area contributed by atoms with Crippen LogP contribution >= 0.6 is 0 Å². The van der Waals surface area contributed by atoms with E-state index in [1.165, 1.54) is 5.56 Å². The monoisotopic (exact) mass is 368 g/mol. The summed E-state index contributed by atoms with van der Waals surface area (Å²) in [6, 6.07) is 7.78. The number of hydrogen-bond acceptors (Lipinski definition) is 3.